The molecule has 1 aromatic rings. The van der Waals surface area contributed by atoms with Crippen molar-refractivity contribution in [3.8, 4) is 0 Å². The Labute approximate surface area is 149 Å². The number of rotatable bonds is 5. The molecule has 1 saturated carbocycles. The first-order valence-corrected chi connectivity index (χ1v) is 9.89. The molecule has 1 aliphatic carbocycles. The number of hydrogen-bond acceptors (Lipinski definition) is 4. The van der Waals surface area contributed by atoms with E-state index in [1.807, 2.05) is 18.2 Å². The number of benzene rings is 1. The Kier molecular flexibility index (Phi) is 6.33. The van der Waals surface area contributed by atoms with E-state index in [1.54, 1.807) is 0 Å². The number of nitrogens with two attached hydrogens (primary N) is 1. The monoisotopic (exact) mass is 347 g/mol. The Morgan fingerprint density at radius 2 is 2.00 bits per heavy atom. The Balaban J connectivity index is 1.59. The van der Waals surface area contributed by atoms with Gasteiger partial charge in [-0.3, -0.25) is 10.6 Å². The van der Waals surface area contributed by atoms with E-state index < -0.39 is 0 Å². The van der Waals surface area contributed by atoms with Crippen LogP contribution >= 0.6 is 0 Å². The first-order chi connectivity index (χ1) is 11.7. The quantitative estimate of drug-likeness (QED) is 0.717. The number of hydrogen-bond donors (Lipinski definition) is 3. The maximum absolute atomic E-state index is 11.4. The molecule has 3 unspecified atom stereocenters. The van der Waals surface area contributed by atoms with Gasteiger partial charge >= 0.3 is 11.7 Å². The van der Waals surface area contributed by atoms with Crippen LogP contribution in [0.4, 0.5) is 0 Å². The summed E-state index contributed by atoms with van der Waals surface area (Å²) in [5, 5.41) is 7.29. The van der Waals surface area contributed by atoms with Gasteiger partial charge in [0.1, 0.15) is 0 Å². The largest absolute Gasteiger partial charge is 0.505 e. The van der Waals surface area contributed by atoms with E-state index >= 15 is 0 Å². The molecule has 0 aromatic heterocycles. The molecule has 2 aliphatic rings. The highest BCUT2D eigenvalue weighted by atomic mass is 32.1. The average molecular weight is 348 g/mol. The van der Waals surface area contributed by atoms with Gasteiger partial charge in [0.15, 0.2) is 0 Å². The summed E-state index contributed by atoms with van der Waals surface area (Å²) < 4.78 is 11.4. The molecule has 1 saturated heterocycles. The van der Waals surface area contributed by atoms with Gasteiger partial charge < -0.3 is 5.73 Å². The van der Waals surface area contributed by atoms with Gasteiger partial charge in [0, 0.05) is 34.5 Å². The lowest BCUT2D eigenvalue weighted by atomic mass is 9.80. The Morgan fingerprint density at radius 3 is 2.75 bits per heavy atom. The highest BCUT2D eigenvalue weighted by molar-refractivity contribution is 7.65. The smallest absolute Gasteiger partial charge is 0.328 e. The second kappa shape index (κ2) is 8.48. The van der Waals surface area contributed by atoms with Crippen molar-refractivity contribution >= 4 is 11.7 Å². The van der Waals surface area contributed by atoms with Gasteiger partial charge in [0.2, 0.25) is 0 Å². The minimum atomic E-state index is 0.331. The fourth-order valence-electron chi connectivity index (χ4n) is 4.11. The van der Waals surface area contributed by atoms with Crippen LogP contribution in [0.5, 0.6) is 0 Å². The van der Waals surface area contributed by atoms with Crippen molar-refractivity contribution in [1.82, 2.24) is 10.6 Å². The van der Waals surface area contributed by atoms with Crippen molar-refractivity contribution in [3.05, 3.63) is 36.4 Å². The SMILES string of the molecule is CC(c1ccccc1[S+]=O)C1C[CH]NC(NC2CCC(N)CC2)C1. The summed E-state index contributed by atoms with van der Waals surface area (Å²) in [6.07, 6.45) is 7.08. The summed E-state index contributed by atoms with van der Waals surface area (Å²) in [6.45, 7) is 4.46. The molecule has 2 fully saturated rings. The van der Waals surface area contributed by atoms with Crippen LogP contribution in [0.1, 0.15) is 56.9 Å². The Bertz CT molecular complexity index is 545. The van der Waals surface area contributed by atoms with Gasteiger partial charge in [-0.05, 0) is 50.4 Å². The molecule has 3 atom stereocenters. The van der Waals surface area contributed by atoms with Crippen LogP contribution in [0.3, 0.4) is 0 Å². The van der Waals surface area contributed by atoms with E-state index in [2.05, 4.69) is 30.2 Å². The predicted octanol–water partition coefficient (Wildman–Crippen LogP) is 2.92. The average Bonchev–Trinajstić information content (AvgIpc) is 2.63. The third-order valence-corrected chi connectivity index (χ3v) is 6.24. The lowest BCUT2D eigenvalue weighted by molar-refractivity contribution is 0.227. The van der Waals surface area contributed by atoms with E-state index in [0.29, 0.717) is 41.8 Å². The number of piperidine rings is 1. The van der Waals surface area contributed by atoms with Crippen LogP contribution in [0.2, 0.25) is 0 Å². The molecule has 1 radical (unpaired) electrons. The summed E-state index contributed by atoms with van der Waals surface area (Å²) in [5.74, 6) is 0.952. The zero-order valence-electron chi connectivity index (χ0n) is 14.4. The van der Waals surface area contributed by atoms with Gasteiger partial charge in [-0.1, -0.05) is 25.1 Å². The molecule has 1 aromatic carbocycles. The van der Waals surface area contributed by atoms with E-state index in [9.17, 15) is 4.21 Å². The molecule has 3 rings (SSSR count). The van der Waals surface area contributed by atoms with Crippen LogP contribution in [-0.4, -0.2) is 18.2 Å². The molecule has 0 amide bonds. The fraction of sp³-hybridized carbons (Fsp3) is 0.632. The summed E-state index contributed by atoms with van der Waals surface area (Å²) >= 11 is 0.614. The van der Waals surface area contributed by atoms with E-state index in [-0.39, 0.29) is 0 Å². The van der Waals surface area contributed by atoms with Crippen LogP contribution < -0.4 is 16.4 Å². The van der Waals surface area contributed by atoms with Gasteiger partial charge in [-0.15, -0.1) is 0 Å². The van der Waals surface area contributed by atoms with Crippen molar-refractivity contribution in [2.45, 2.75) is 74.5 Å². The summed E-state index contributed by atoms with van der Waals surface area (Å²) in [4.78, 5) is 0.870. The summed E-state index contributed by atoms with van der Waals surface area (Å²) in [7, 11) is 0. The van der Waals surface area contributed by atoms with Gasteiger partial charge in [-0.25, -0.2) is 0 Å². The van der Waals surface area contributed by atoms with E-state index in [1.165, 1.54) is 18.4 Å². The van der Waals surface area contributed by atoms with Crippen molar-refractivity contribution in [2.75, 3.05) is 0 Å². The molecule has 131 valence electrons. The van der Waals surface area contributed by atoms with Crippen molar-refractivity contribution in [1.29, 1.82) is 0 Å². The Morgan fingerprint density at radius 1 is 1.25 bits per heavy atom. The minimum absolute atomic E-state index is 0.331. The maximum atomic E-state index is 11.4. The molecule has 1 heterocycles. The third-order valence-electron chi connectivity index (χ3n) is 5.69. The van der Waals surface area contributed by atoms with Crippen LogP contribution in [-0.2, 0) is 15.9 Å². The molecule has 1 aliphatic heterocycles. The standard InChI is InChI=1S/C19H29N3OS/c1-13(17-4-2-3-5-18(17)24-23)14-10-11-21-19(12-14)22-16-8-6-15(20)7-9-16/h2-5,11,13-16,19,21-22H,6-10,12,20H2,1H3/q+1. The van der Waals surface area contributed by atoms with Crippen molar-refractivity contribution in [2.24, 2.45) is 11.7 Å². The second-order valence-electron chi connectivity index (χ2n) is 7.34. The topological polar surface area (TPSA) is 67.2 Å². The molecule has 4 N–H and O–H groups in total. The van der Waals surface area contributed by atoms with Crippen molar-refractivity contribution in [3.63, 3.8) is 0 Å². The lowest BCUT2D eigenvalue weighted by Gasteiger charge is -2.37. The molecule has 0 bridgehead atoms. The van der Waals surface area contributed by atoms with Crippen molar-refractivity contribution < 1.29 is 4.21 Å². The maximum Gasteiger partial charge on any atom is 0.505 e. The zero-order chi connectivity index (χ0) is 16.9. The molecule has 24 heavy (non-hydrogen) atoms. The zero-order valence-corrected chi connectivity index (χ0v) is 15.2. The van der Waals surface area contributed by atoms with Gasteiger partial charge in [0.25, 0.3) is 4.90 Å². The summed E-state index contributed by atoms with van der Waals surface area (Å²) in [6, 6.07) is 9.00. The van der Waals surface area contributed by atoms with E-state index in [4.69, 9.17) is 5.73 Å². The van der Waals surface area contributed by atoms with Crippen LogP contribution in [0.25, 0.3) is 0 Å². The highest BCUT2D eigenvalue weighted by Crippen LogP contribution is 2.35. The molecule has 4 nitrogen and oxygen atoms in total. The third kappa shape index (κ3) is 4.39. The Hall–Kier alpha value is -0.880. The second-order valence-corrected chi connectivity index (χ2v) is 7.95. The molecule has 5 heteroatoms. The first kappa shape index (κ1) is 17.9. The van der Waals surface area contributed by atoms with E-state index in [0.717, 1.165) is 30.6 Å². The molecular weight excluding hydrogens is 318 g/mol. The van der Waals surface area contributed by atoms with Gasteiger partial charge in [0.05, 0.1) is 6.17 Å². The number of nitrogens with one attached hydrogen (secondary N) is 2. The minimum Gasteiger partial charge on any atom is -0.328 e. The van der Waals surface area contributed by atoms with Crippen LogP contribution in [0.15, 0.2) is 29.2 Å². The highest BCUT2D eigenvalue weighted by Gasteiger charge is 2.31. The summed E-state index contributed by atoms with van der Waals surface area (Å²) in [5.41, 5.74) is 7.20. The molecule has 0 spiro atoms. The normalized spacial score (nSPS) is 32.2. The van der Waals surface area contributed by atoms with Crippen LogP contribution in [0, 0.1) is 12.5 Å². The van der Waals surface area contributed by atoms with Gasteiger partial charge in [-0.2, -0.15) is 0 Å². The fourth-order valence-corrected chi connectivity index (χ4v) is 4.59. The lowest BCUT2D eigenvalue weighted by Crippen LogP contribution is -2.51. The first-order valence-electron chi connectivity index (χ1n) is 9.15. The molecular formula is C19H29N3OS+. The predicted molar refractivity (Wildman–Crippen MR) is 98.5 cm³/mol.